The molecule has 1 aromatic heterocycles. The number of amides is 1. The number of rotatable bonds is 7. The molecule has 1 atom stereocenters. The Kier molecular flexibility index (Phi) is 5.83. The van der Waals surface area contributed by atoms with E-state index >= 15 is 0 Å². The van der Waals surface area contributed by atoms with E-state index in [0.717, 1.165) is 11.8 Å². The smallest absolute Gasteiger partial charge is 0.277 e. The molecule has 29 heavy (non-hydrogen) atoms. The van der Waals surface area contributed by atoms with Crippen LogP contribution in [0.3, 0.4) is 0 Å². The van der Waals surface area contributed by atoms with Gasteiger partial charge < -0.3 is 9.73 Å². The van der Waals surface area contributed by atoms with E-state index in [1.54, 1.807) is 6.92 Å². The largest absolute Gasteiger partial charge is 0.411 e. The molecule has 1 amide bonds. The normalized spacial score (nSPS) is 11.6. The molecule has 0 aliphatic carbocycles. The molecule has 3 aromatic rings. The number of thioether (sulfide) groups is 1. The molecule has 11 nitrogen and oxygen atoms in total. The molecule has 1 unspecified atom stereocenters. The summed E-state index contributed by atoms with van der Waals surface area (Å²) in [6, 6.07) is 11.1. The average Bonchev–Trinajstić information content (AvgIpc) is 3.16. The van der Waals surface area contributed by atoms with Crippen LogP contribution in [0.4, 0.5) is 17.1 Å². The lowest BCUT2D eigenvalue weighted by atomic mass is 10.2. The molecule has 0 radical (unpaired) electrons. The Morgan fingerprint density at radius 3 is 2.10 bits per heavy atom. The van der Waals surface area contributed by atoms with Gasteiger partial charge in [-0.1, -0.05) is 11.8 Å². The molecule has 1 N–H and O–H groups in total. The standard InChI is InChI=1S/C17H13N5O6S/c1-10(15(23)18-12-4-8-14(9-5-12)22(26)27)29-17-20-19-16(28-17)11-2-6-13(7-3-11)21(24)25/h2-10H,1H3,(H,18,23). The first-order valence-electron chi connectivity index (χ1n) is 8.14. The number of hydrogen-bond donors (Lipinski definition) is 1. The number of benzene rings is 2. The predicted octanol–water partition coefficient (Wildman–Crippen LogP) is 3.67. The fraction of sp³-hybridized carbons (Fsp3) is 0.118. The van der Waals surface area contributed by atoms with Gasteiger partial charge in [-0.05, 0) is 31.2 Å². The molecule has 12 heteroatoms. The van der Waals surface area contributed by atoms with E-state index in [9.17, 15) is 25.0 Å². The minimum atomic E-state index is -0.588. The Morgan fingerprint density at radius 1 is 1.00 bits per heavy atom. The van der Waals surface area contributed by atoms with Crippen LogP contribution in [0.5, 0.6) is 0 Å². The highest BCUT2D eigenvalue weighted by molar-refractivity contribution is 8.00. The van der Waals surface area contributed by atoms with Crippen molar-refractivity contribution in [3.05, 3.63) is 68.8 Å². The SMILES string of the molecule is CC(Sc1nnc(-c2ccc([N+](=O)[O-])cc2)o1)C(=O)Nc1ccc([N+](=O)[O-])cc1. The second-order valence-electron chi connectivity index (χ2n) is 5.73. The highest BCUT2D eigenvalue weighted by atomic mass is 32.2. The number of aromatic nitrogens is 2. The van der Waals surface area contributed by atoms with E-state index < -0.39 is 15.1 Å². The lowest BCUT2D eigenvalue weighted by Gasteiger charge is -2.09. The van der Waals surface area contributed by atoms with Gasteiger partial charge in [0, 0.05) is 35.5 Å². The van der Waals surface area contributed by atoms with Crippen molar-refractivity contribution in [1.82, 2.24) is 10.2 Å². The summed E-state index contributed by atoms with van der Waals surface area (Å²) < 4.78 is 5.50. The van der Waals surface area contributed by atoms with Crippen molar-refractivity contribution in [2.24, 2.45) is 0 Å². The molecular formula is C17H13N5O6S. The van der Waals surface area contributed by atoms with Crippen LogP contribution in [0, 0.1) is 20.2 Å². The van der Waals surface area contributed by atoms with Gasteiger partial charge in [-0.2, -0.15) is 0 Å². The van der Waals surface area contributed by atoms with Gasteiger partial charge >= 0.3 is 0 Å². The third-order valence-electron chi connectivity index (χ3n) is 3.72. The minimum Gasteiger partial charge on any atom is -0.411 e. The molecule has 0 aliphatic rings. The van der Waals surface area contributed by atoms with Crippen molar-refractivity contribution in [3.63, 3.8) is 0 Å². The van der Waals surface area contributed by atoms with Crippen molar-refractivity contribution in [3.8, 4) is 11.5 Å². The number of carbonyl (C=O) groups is 1. The van der Waals surface area contributed by atoms with Crippen molar-refractivity contribution in [1.29, 1.82) is 0 Å². The summed E-state index contributed by atoms with van der Waals surface area (Å²) in [5.41, 5.74) is 0.803. The Hall–Kier alpha value is -3.80. The maximum atomic E-state index is 12.3. The number of nitrogens with zero attached hydrogens (tertiary/aromatic N) is 4. The van der Waals surface area contributed by atoms with E-state index in [4.69, 9.17) is 4.42 Å². The number of anilines is 1. The van der Waals surface area contributed by atoms with E-state index in [1.165, 1.54) is 48.5 Å². The first-order valence-corrected chi connectivity index (χ1v) is 9.02. The average molecular weight is 415 g/mol. The zero-order valence-corrected chi connectivity index (χ0v) is 15.7. The molecule has 3 rings (SSSR count). The van der Waals surface area contributed by atoms with Crippen LogP contribution in [0.15, 0.2) is 58.2 Å². The summed E-state index contributed by atoms with van der Waals surface area (Å²) in [6.07, 6.45) is 0. The van der Waals surface area contributed by atoms with Crippen molar-refractivity contribution in [2.75, 3.05) is 5.32 Å². The zero-order chi connectivity index (χ0) is 21.0. The summed E-state index contributed by atoms with van der Waals surface area (Å²) in [5, 5.41) is 31.3. The zero-order valence-electron chi connectivity index (χ0n) is 14.8. The third-order valence-corrected chi connectivity index (χ3v) is 4.66. The quantitative estimate of drug-likeness (QED) is 0.345. The molecule has 0 spiro atoms. The first-order chi connectivity index (χ1) is 13.8. The van der Waals surface area contributed by atoms with E-state index in [-0.39, 0.29) is 28.4 Å². The van der Waals surface area contributed by atoms with Crippen LogP contribution >= 0.6 is 11.8 Å². The third kappa shape index (κ3) is 4.93. The van der Waals surface area contributed by atoms with Gasteiger partial charge in [-0.3, -0.25) is 25.0 Å². The highest BCUT2D eigenvalue weighted by Crippen LogP contribution is 2.28. The summed E-state index contributed by atoms with van der Waals surface area (Å²) in [7, 11) is 0. The molecular weight excluding hydrogens is 402 g/mol. The molecule has 0 fully saturated rings. The molecule has 148 valence electrons. The topological polar surface area (TPSA) is 154 Å². The summed E-state index contributed by atoms with van der Waals surface area (Å²) in [5.74, 6) is -0.177. The van der Waals surface area contributed by atoms with E-state index in [0.29, 0.717) is 11.3 Å². The maximum Gasteiger partial charge on any atom is 0.277 e. The Bertz CT molecular complexity index is 1050. The lowest BCUT2D eigenvalue weighted by molar-refractivity contribution is -0.385. The molecule has 0 bridgehead atoms. The summed E-state index contributed by atoms with van der Waals surface area (Å²) in [4.78, 5) is 32.6. The lowest BCUT2D eigenvalue weighted by Crippen LogP contribution is -2.22. The molecule has 2 aromatic carbocycles. The van der Waals surface area contributed by atoms with Crippen LogP contribution in [-0.4, -0.2) is 31.2 Å². The van der Waals surface area contributed by atoms with E-state index in [1.807, 2.05) is 0 Å². The molecule has 1 heterocycles. The van der Waals surface area contributed by atoms with Crippen LogP contribution in [-0.2, 0) is 4.79 Å². The van der Waals surface area contributed by atoms with Crippen LogP contribution in [0.25, 0.3) is 11.5 Å². The number of carbonyl (C=O) groups excluding carboxylic acids is 1. The van der Waals surface area contributed by atoms with E-state index in [2.05, 4.69) is 15.5 Å². The van der Waals surface area contributed by atoms with Gasteiger partial charge in [0.15, 0.2) is 0 Å². The predicted molar refractivity (Wildman–Crippen MR) is 103 cm³/mol. The summed E-state index contributed by atoms with van der Waals surface area (Å²) in [6.45, 7) is 1.64. The Balaban J connectivity index is 1.61. The number of hydrogen-bond acceptors (Lipinski definition) is 9. The van der Waals surface area contributed by atoms with Crippen LogP contribution in [0.1, 0.15) is 6.92 Å². The number of non-ortho nitro benzene ring substituents is 2. The second kappa shape index (κ2) is 8.48. The first kappa shape index (κ1) is 19.9. The highest BCUT2D eigenvalue weighted by Gasteiger charge is 2.19. The number of nitro groups is 2. The number of nitro benzene ring substituents is 2. The monoisotopic (exact) mass is 415 g/mol. The van der Waals surface area contributed by atoms with Gasteiger partial charge in [-0.15, -0.1) is 10.2 Å². The van der Waals surface area contributed by atoms with Gasteiger partial charge in [0.05, 0.1) is 15.1 Å². The van der Waals surface area contributed by atoms with Crippen molar-refractivity contribution in [2.45, 2.75) is 17.4 Å². The van der Waals surface area contributed by atoms with Gasteiger partial charge in [0.1, 0.15) is 0 Å². The fourth-order valence-corrected chi connectivity index (χ4v) is 2.90. The molecule has 0 aliphatic heterocycles. The van der Waals surface area contributed by atoms with Crippen molar-refractivity contribution >= 4 is 34.7 Å². The van der Waals surface area contributed by atoms with Crippen LogP contribution in [0.2, 0.25) is 0 Å². The summed E-state index contributed by atoms with van der Waals surface area (Å²) >= 11 is 1.03. The second-order valence-corrected chi connectivity index (χ2v) is 7.02. The maximum absolute atomic E-state index is 12.3. The Labute approximate surface area is 167 Å². The van der Waals surface area contributed by atoms with Gasteiger partial charge in [-0.25, -0.2) is 0 Å². The number of nitrogens with one attached hydrogen (secondary N) is 1. The van der Waals surface area contributed by atoms with Gasteiger partial charge in [0.25, 0.3) is 16.6 Å². The fourth-order valence-electron chi connectivity index (χ4n) is 2.21. The van der Waals surface area contributed by atoms with Crippen molar-refractivity contribution < 1.29 is 19.1 Å². The Morgan fingerprint density at radius 2 is 1.55 bits per heavy atom. The van der Waals surface area contributed by atoms with Crippen LogP contribution < -0.4 is 5.32 Å². The van der Waals surface area contributed by atoms with Gasteiger partial charge in [0.2, 0.25) is 11.8 Å². The minimum absolute atomic E-state index is 0.0561. The molecule has 0 saturated carbocycles. The molecule has 0 saturated heterocycles.